The Morgan fingerprint density at radius 2 is 1.15 bits per heavy atom. The molecule has 0 N–H and O–H groups in total. The third-order valence-corrected chi connectivity index (χ3v) is 11.1. The van der Waals surface area contributed by atoms with Gasteiger partial charge in [0.05, 0.1) is 22.6 Å². The van der Waals surface area contributed by atoms with Gasteiger partial charge in [-0.2, -0.15) is 0 Å². The normalized spacial score (nSPS) is 13.9. The molecule has 3 aromatic heterocycles. The van der Waals surface area contributed by atoms with Crippen molar-refractivity contribution in [2.75, 3.05) is 0 Å². The fraction of sp³-hybridized carbons (Fsp3) is 0.0408. The molecule has 1 aliphatic rings. The van der Waals surface area contributed by atoms with Crippen molar-refractivity contribution in [2.24, 2.45) is 0 Å². The number of aromatic nitrogens is 3. The zero-order valence-electron chi connectivity index (χ0n) is 28.3. The van der Waals surface area contributed by atoms with Crippen LogP contribution in [0.4, 0.5) is 0 Å². The molecule has 0 fully saturated rings. The summed E-state index contributed by atoms with van der Waals surface area (Å²) >= 11 is 0. The summed E-state index contributed by atoms with van der Waals surface area (Å²) in [6.07, 6.45) is 4.66. The number of pyridine rings is 3. The van der Waals surface area contributed by atoms with Gasteiger partial charge in [-0.15, -0.1) is 0 Å². The minimum Gasteiger partial charge on any atom is -0.254 e. The standard InChI is InChI=1S/C49H31N3/c1-2-12-39-30(8-1)20-23-42-46(39)41-13-3-4-15-45(41)52-47(42)36-10-5-9-32(26-36)33-18-16-31-17-19-34-27-35(21-22-38(34)43(31)28-33)44-29-37-11-6-24-50-48(37)49-40(44)14-7-25-51-49/h1-28,44H,29H2. The van der Waals surface area contributed by atoms with Gasteiger partial charge in [-0.3, -0.25) is 9.97 Å². The van der Waals surface area contributed by atoms with E-state index in [1.807, 2.05) is 24.5 Å². The van der Waals surface area contributed by atoms with Crippen molar-refractivity contribution in [1.29, 1.82) is 0 Å². The van der Waals surface area contributed by atoms with Crippen molar-refractivity contribution in [3.05, 3.63) is 187 Å². The third kappa shape index (κ3) is 4.49. The first kappa shape index (κ1) is 29.1. The first-order chi connectivity index (χ1) is 25.8. The third-order valence-electron chi connectivity index (χ3n) is 11.1. The van der Waals surface area contributed by atoms with Crippen molar-refractivity contribution in [3.63, 3.8) is 0 Å². The molecular weight excluding hydrogens is 631 g/mol. The molecule has 11 rings (SSSR count). The molecular formula is C49H31N3. The Bertz CT molecular complexity index is 3050. The van der Waals surface area contributed by atoms with E-state index in [1.165, 1.54) is 76.3 Å². The molecule has 3 heterocycles. The predicted molar refractivity (Wildman–Crippen MR) is 216 cm³/mol. The maximum Gasteiger partial charge on any atom is 0.0927 e. The second kappa shape index (κ2) is 11.4. The smallest absolute Gasteiger partial charge is 0.0927 e. The van der Waals surface area contributed by atoms with Gasteiger partial charge in [0.15, 0.2) is 0 Å². The minimum absolute atomic E-state index is 0.229. The average molecular weight is 662 g/mol. The van der Waals surface area contributed by atoms with Crippen LogP contribution in [0.1, 0.15) is 22.6 Å². The van der Waals surface area contributed by atoms with Crippen LogP contribution >= 0.6 is 0 Å². The SMILES string of the molecule is c1cc(-c2ccc3ccc4cc(C5Cc6cccnc6-c6ncccc65)ccc4c3c2)cc(-c2nc3ccccc3c3c2ccc2ccccc23)c1. The van der Waals surface area contributed by atoms with Crippen LogP contribution in [0.2, 0.25) is 0 Å². The van der Waals surface area contributed by atoms with Gasteiger partial charge in [0.2, 0.25) is 0 Å². The summed E-state index contributed by atoms with van der Waals surface area (Å²) in [5.74, 6) is 0.229. The molecule has 242 valence electrons. The first-order valence-corrected chi connectivity index (χ1v) is 17.9. The molecule has 0 radical (unpaired) electrons. The number of hydrogen-bond donors (Lipinski definition) is 0. The topological polar surface area (TPSA) is 38.7 Å². The zero-order chi connectivity index (χ0) is 34.2. The summed E-state index contributed by atoms with van der Waals surface area (Å²) in [5, 5.41) is 11.1. The predicted octanol–water partition coefficient (Wildman–Crippen LogP) is 12.3. The number of fused-ring (bicyclic) bond motifs is 11. The van der Waals surface area contributed by atoms with E-state index in [0.717, 1.165) is 34.6 Å². The van der Waals surface area contributed by atoms with Crippen LogP contribution in [0.5, 0.6) is 0 Å². The van der Waals surface area contributed by atoms with E-state index in [1.54, 1.807) is 0 Å². The molecule has 52 heavy (non-hydrogen) atoms. The Labute approximate surface area is 300 Å². The molecule has 3 nitrogen and oxygen atoms in total. The summed E-state index contributed by atoms with van der Waals surface area (Å²) in [4.78, 5) is 14.7. The second-order valence-electron chi connectivity index (χ2n) is 14.0. The quantitative estimate of drug-likeness (QED) is 0.177. The van der Waals surface area contributed by atoms with Gasteiger partial charge in [0, 0.05) is 40.0 Å². The van der Waals surface area contributed by atoms with Crippen LogP contribution in [-0.4, -0.2) is 15.0 Å². The molecule has 0 amide bonds. The van der Waals surface area contributed by atoms with Gasteiger partial charge in [-0.1, -0.05) is 127 Å². The highest BCUT2D eigenvalue weighted by Gasteiger charge is 2.27. The number of rotatable bonds is 3. The summed E-state index contributed by atoms with van der Waals surface area (Å²) in [6, 6.07) is 57.4. The van der Waals surface area contributed by atoms with E-state index in [-0.39, 0.29) is 5.92 Å². The zero-order valence-corrected chi connectivity index (χ0v) is 28.3. The average Bonchev–Trinajstić information content (AvgIpc) is 3.22. The lowest BCUT2D eigenvalue weighted by Gasteiger charge is -2.26. The van der Waals surface area contributed by atoms with Crippen LogP contribution in [0, 0.1) is 0 Å². The first-order valence-electron chi connectivity index (χ1n) is 17.9. The summed E-state index contributed by atoms with van der Waals surface area (Å²) < 4.78 is 0. The highest BCUT2D eigenvalue weighted by Crippen LogP contribution is 2.42. The van der Waals surface area contributed by atoms with Gasteiger partial charge in [-0.05, 0) is 96.9 Å². The molecule has 0 aliphatic heterocycles. The Morgan fingerprint density at radius 3 is 2.12 bits per heavy atom. The molecule has 1 atom stereocenters. The number of para-hydroxylation sites is 1. The fourth-order valence-corrected chi connectivity index (χ4v) is 8.60. The highest BCUT2D eigenvalue weighted by atomic mass is 14.8. The number of benzene rings is 7. The summed E-state index contributed by atoms with van der Waals surface area (Å²) in [6.45, 7) is 0. The van der Waals surface area contributed by atoms with Crippen molar-refractivity contribution in [2.45, 2.75) is 12.3 Å². The van der Waals surface area contributed by atoms with Crippen LogP contribution in [0.25, 0.3) is 87.8 Å². The Kier molecular flexibility index (Phi) is 6.38. The molecule has 10 aromatic rings. The van der Waals surface area contributed by atoms with E-state index >= 15 is 0 Å². The minimum atomic E-state index is 0.229. The summed E-state index contributed by atoms with van der Waals surface area (Å²) in [5.41, 5.74) is 11.3. The molecule has 0 saturated carbocycles. The fourth-order valence-electron chi connectivity index (χ4n) is 8.60. The van der Waals surface area contributed by atoms with Crippen molar-refractivity contribution < 1.29 is 0 Å². The molecule has 7 aromatic carbocycles. The Balaban J connectivity index is 1.02. The highest BCUT2D eigenvalue weighted by molar-refractivity contribution is 6.22. The van der Waals surface area contributed by atoms with E-state index in [4.69, 9.17) is 15.0 Å². The molecule has 0 spiro atoms. The molecule has 1 unspecified atom stereocenters. The summed E-state index contributed by atoms with van der Waals surface area (Å²) in [7, 11) is 0. The second-order valence-corrected chi connectivity index (χ2v) is 14.0. The maximum atomic E-state index is 5.27. The number of hydrogen-bond acceptors (Lipinski definition) is 3. The van der Waals surface area contributed by atoms with Crippen LogP contribution < -0.4 is 0 Å². The van der Waals surface area contributed by atoms with Gasteiger partial charge in [-0.25, -0.2) is 4.98 Å². The van der Waals surface area contributed by atoms with Gasteiger partial charge in [0.1, 0.15) is 0 Å². The van der Waals surface area contributed by atoms with Crippen LogP contribution in [-0.2, 0) is 6.42 Å². The Morgan fingerprint density at radius 1 is 0.423 bits per heavy atom. The van der Waals surface area contributed by atoms with Gasteiger partial charge < -0.3 is 0 Å². The lowest BCUT2D eigenvalue weighted by molar-refractivity contribution is 0.781. The van der Waals surface area contributed by atoms with Gasteiger partial charge in [0.25, 0.3) is 0 Å². The van der Waals surface area contributed by atoms with Gasteiger partial charge >= 0.3 is 0 Å². The maximum absolute atomic E-state index is 5.27. The van der Waals surface area contributed by atoms with Crippen molar-refractivity contribution >= 4 is 54.0 Å². The van der Waals surface area contributed by atoms with Crippen molar-refractivity contribution in [1.82, 2.24) is 15.0 Å². The van der Waals surface area contributed by atoms with E-state index in [0.29, 0.717) is 0 Å². The largest absolute Gasteiger partial charge is 0.254 e. The monoisotopic (exact) mass is 661 g/mol. The number of nitrogens with zero attached hydrogens (tertiary/aromatic N) is 3. The van der Waals surface area contributed by atoms with E-state index in [2.05, 4.69) is 146 Å². The molecule has 0 bridgehead atoms. The van der Waals surface area contributed by atoms with Crippen molar-refractivity contribution in [3.8, 4) is 33.8 Å². The van der Waals surface area contributed by atoms with E-state index < -0.39 is 0 Å². The lowest BCUT2D eigenvalue weighted by atomic mass is 9.79. The molecule has 1 aliphatic carbocycles. The van der Waals surface area contributed by atoms with Crippen LogP contribution in [0.3, 0.4) is 0 Å². The lowest BCUT2D eigenvalue weighted by Crippen LogP contribution is -2.14. The molecule has 0 saturated heterocycles. The van der Waals surface area contributed by atoms with E-state index in [9.17, 15) is 0 Å². The Hall–Kier alpha value is -6.71. The van der Waals surface area contributed by atoms with Crippen LogP contribution in [0.15, 0.2) is 170 Å². The molecule has 3 heteroatoms.